The maximum atomic E-state index is 13.7. The molecule has 0 spiro atoms. The predicted molar refractivity (Wildman–Crippen MR) is 477 cm³/mol. The van der Waals surface area contributed by atoms with E-state index in [0.717, 1.165) is 98.0 Å². The van der Waals surface area contributed by atoms with Gasteiger partial charge in [0.2, 0.25) is 0 Å². The van der Waals surface area contributed by atoms with E-state index in [9.17, 15) is 43.2 Å². The Morgan fingerprint density at radius 3 is 0.484 bits per heavy atom. The van der Waals surface area contributed by atoms with Crippen molar-refractivity contribution in [3.63, 3.8) is 0 Å². The maximum Gasteiger partial charge on any atom is 0.307 e. The third kappa shape index (κ3) is 31.0. The Hall–Kier alpha value is -12.7. The van der Waals surface area contributed by atoms with Crippen LogP contribution in [0.25, 0.3) is 64.6 Å². The molecule has 0 radical (unpaired) electrons. The van der Waals surface area contributed by atoms with Crippen molar-refractivity contribution in [2.24, 2.45) is 0 Å². The number of hydrogen-bond acceptors (Lipinski definition) is 22. The normalized spacial score (nSPS) is 11.4. The minimum atomic E-state index is -0.530. The number of nitrogens with zero attached hydrogens (tertiary/aromatic N) is 4. The van der Waals surface area contributed by atoms with Gasteiger partial charge in [0.15, 0.2) is 0 Å². The van der Waals surface area contributed by atoms with E-state index < -0.39 is 53.7 Å². The lowest BCUT2D eigenvalue weighted by Crippen LogP contribution is -2.33. The summed E-state index contributed by atoms with van der Waals surface area (Å²) in [6.45, 7) is 3.56. The zero-order valence-electron chi connectivity index (χ0n) is 70.2. The van der Waals surface area contributed by atoms with Gasteiger partial charge in [0.1, 0.15) is 39.6 Å². The Bertz CT molecular complexity index is 4740. The second-order valence-corrected chi connectivity index (χ2v) is 30.9. The topological polar surface area (TPSA) is 250 Å². The Morgan fingerprint density at radius 2 is 0.315 bits per heavy atom. The Labute approximate surface area is 723 Å². The van der Waals surface area contributed by atoms with Gasteiger partial charge in [0.25, 0.3) is 0 Å². The summed E-state index contributed by atoms with van der Waals surface area (Å²) >= 11 is 0. The number of fused-ring (bicyclic) bond motifs is 6. The fourth-order valence-electron chi connectivity index (χ4n) is 14.6. The molecule has 644 valence electrons. The molecule has 0 heterocycles. The van der Waals surface area contributed by atoms with E-state index in [1.54, 1.807) is 4.90 Å². The Morgan fingerprint density at radius 1 is 0.169 bits per heavy atom. The van der Waals surface area contributed by atoms with Crippen LogP contribution >= 0.6 is 0 Å². The highest BCUT2D eigenvalue weighted by atomic mass is 16.6. The average molecular weight is 1680 g/mol. The molecule has 0 bridgehead atoms. The summed E-state index contributed by atoms with van der Waals surface area (Å²) in [5, 5.41) is 12.6. The maximum absolute atomic E-state index is 13.7. The molecule has 12 rings (SSSR count). The SMILES string of the molecule is O=C(CCN(CCC(=O)OCCCN(CCC(=O)OCc1ccc2ccccc2c1)CCC(=O)OCc1ccc2ccccc2c1)CCC(=O)OCCCN(CCC(=O)OCc1ccc2ccccc2c1)CCC(=O)OCc1ccc2ccccc2c1)OCCCN(CCC(=O)OCc1ccc2ccccc2c1)CCC(=O)OCc1ccc2ccccc2c1. The molecule has 0 unspecified atom stereocenters. The molecule has 0 N–H and O–H groups in total. The lowest BCUT2D eigenvalue weighted by molar-refractivity contribution is -0.147. The zero-order valence-corrected chi connectivity index (χ0v) is 70.2. The van der Waals surface area contributed by atoms with Crippen LogP contribution in [0.15, 0.2) is 255 Å². The summed E-state index contributed by atoms with van der Waals surface area (Å²) in [7, 11) is 0. The van der Waals surface area contributed by atoms with E-state index in [2.05, 4.69) is 0 Å². The first kappa shape index (κ1) is 90.5. The molecule has 0 aromatic heterocycles. The van der Waals surface area contributed by atoms with Crippen molar-refractivity contribution >= 4 is 118 Å². The smallest absolute Gasteiger partial charge is 0.307 e. The lowest BCUT2D eigenvalue weighted by Gasteiger charge is -2.23. The van der Waals surface area contributed by atoms with Gasteiger partial charge in [-0.05, 0) is 154 Å². The summed E-state index contributed by atoms with van der Waals surface area (Å²) in [5.41, 5.74) is 5.10. The van der Waals surface area contributed by atoms with E-state index in [4.69, 9.17) is 42.6 Å². The van der Waals surface area contributed by atoms with Crippen molar-refractivity contribution in [3.05, 3.63) is 288 Å². The summed E-state index contributed by atoms with van der Waals surface area (Å²) < 4.78 is 51.6. The molecular weight excluding hydrogens is 1570 g/mol. The summed E-state index contributed by atoms with van der Waals surface area (Å²) in [4.78, 5) is 128. The van der Waals surface area contributed by atoms with Crippen LogP contribution in [0, 0.1) is 0 Å². The van der Waals surface area contributed by atoms with Crippen LogP contribution in [0.5, 0.6) is 0 Å². The van der Waals surface area contributed by atoms with Crippen molar-refractivity contribution in [1.82, 2.24) is 19.6 Å². The van der Waals surface area contributed by atoms with Crippen LogP contribution in [0.1, 0.15) is 110 Å². The third-order valence-electron chi connectivity index (χ3n) is 21.6. The Kier molecular flexibility index (Phi) is 35.6. The highest BCUT2D eigenvalue weighted by Gasteiger charge is 2.21. The molecule has 124 heavy (non-hydrogen) atoms. The summed E-state index contributed by atoms with van der Waals surface area (Å²) in [6, 6.07) is 83.0. The van der Waals surface area contributed by atoms with Gasteiger partial charge >= 0.3 is 53.7 Å². The molecule has 22 nitrogen and oxygen atoms in total. The van der Waals surface area contributed by atoms with E-state index >= 15 is 0 Å². The van der Waals surface area contributed by atoms with Crippen LogP contribution in [0.2, 0.25) is 0 Å². The number of carbonyl (C=O) groups is 9. The highest BCUT2D eigenvalue weighted by molar-refractivity contribution is 5.88. The number of hydrogen-bond donors (Lipinski definition) is 0. The number of ether oxygens (including phenoxy) is 9. The minimum absolute atomic E-state index is 0.0142. The lowest BCUT2D eigenvalue weighted by atomic mass is 10.1. The molecular formula is C102H108N4O18. The number of rotatable bonds is 51. The molecule has 0 saturated heterocycles. The van der Waals surface area contributed by atoms with E-state index in [0.29, 0.717) is 38.9 Å². The molecule has 22 heteroatoms. The second kappa shape index (κ2) is 48.8. The van der Waals surface area contributed by atoms with E-state index in [1.807, 2.05) is 269 Å². The van der Waals surface area contributed by atoms with Crippen LogP contribution < -0.4 is 0 Å². The molecule has 0 fully saturated rings. The second-order valence-electron chi connectivity index (χ2n) is 30.9. The number of benzene rings is 12. The molecule has 0 aliphatic rings. The van der Waals surface area contributed by atoms with Crippen LogP contribution in [0.4, 0.5) is 0 Å². The molecule has 0 aliphatic carbocycles. The van der Waals surface area contributed by atoms with Gasteiger partial charge in [-0.15, -0.1) is 0 Å². The predicted octanol–water partition coefficient (Wildman–Crippen LogP) is 16.9. The van der Waals surface area contributed by atoms with Gasteiger partial charge < -0.3 is 62.2 Å². The first-order chi connectivity index (χ1) is 60.6. The van der Waals surface area contributed by atoms with Gasteiger partial charge in [-0.1, -0.05) is 218 Å². The van der Waals surface area contributed by atoms with Gasteiger partial charge in [0.05, 0.1) is 77.6 Å². The highest BCUT2D eigenvalue weighted by Crippen LogP contribution is 2.24. The average Bonchev–Trinajstić information content (AvgIpc) is 0.869. The number of carbonyl (C=O) groups excluding carboxylic acids is 9. The van der Waals surface area contributed by atoms with Crippen LogP contribution in [0.3, 0.4) is 0 Å². The van der Waals surface area contributed by atoms with Gasteiger partial charge in [-0.25, -0.2) is 0 Å². The van der Waals surface area contributed by atoms with Crippen molar-refractivity contribution < 1.29 is 85.8 Å². The van der Waals surface area contributed by atoms with Crippen molar-refractivity contribution in [2.75, 3.05) is 98.4 Å². The molecule has 0 atom stereocenters. The van der Waals surface area contributed by atoms with Crippen molar-refractivity contribution in [2.45, 2.75) is 117 Å². The minimum Gasteiger partial charge on any atom is -0.466 e. The van der Waals surface area contributed by atoms with E-state index in [-0.39, 0.29) is 176 Å². The van der Waals surface area contributed by atoms with Crippen molar-refractivity contribution in [1.29, 1.82) is 0 Å². The molecule has 12 aromatic carbocycles. The van der Waals surface area contributed by atoms with Crippen molar-refractivity contribution in [3.8, 4) is 0 Å². The first-order valence-corrected chi connectivity index (χ1v) is 42.8. The monoisotopic (exact) mass is 1680 g/mol. The fourth-order valence-corrected chi connectivity index (χ4v) is 14.6. The first-order valence-electron chi connectivity index (χ1n) is 42.8. The van der Waals surface area contributed by atoms with Crippen LogP contribution in [-0.4, -0.2) is 172 Å². The third-order valence-corrected chi connectivity index (χ3v) is 21.6. The Balaban J connectivity index is 0.636. The summed E-state index contributed by atoms with van der Waals surface area (Å²) in [6.07, 6.45) is 1.00. The fraction of sp³-hybridized carbons (Fsp3) is 0.324. The van der Waals surface area contributed by atoms with Gasteiger partial charge in [0, 0.05) is 78.5 Å². The van der Waals surface area contributed by atoms with Gasteiger partial charge in [-0.2, -0.15) is 0 Å². The molecule has 0 aliphatic heterocycles. The molecule has 0 amide bonds. The largest absolute Gasteiger partial charge is 0.466 e. The summed E-state index contributed by atoms with van der Waals surface area (Å²) in [5.74, 6) is -4.06. The number of esters is 9. The van der Waals surface area contributed by atoms with Gasteiger partial charge in [-0.3, -0.25) is 43.2 Å². The zero-order chi connectivity index (χ0) is 86.3. The standard InChI is InChI=1S/C102H108N4O18/c107-94(116-61-13-49-103(52-43-97(110)119-70-76-28-34-82-16-1-7-22-88(82)64-76)53-44-98(111)120-71-77-29-35-83-17-2-8-23-89(83)65-77)40-58-106(59-41-95(108)117-62-14-50-104(54-45-99(112)121-72-78-30-36-84-18-3-9-24-90(84)66-78)55-46-100(113)122-73-79-31-37-85-19-4-10-25-91(85)67-79)60-42-96(109)118-63-15-51-105(56-47-101(114)123-74-80-32-38-86-20-5-11-26-92(86)68-80)57-48-102(115)124-75-81-33-39-87-21-6-12-27-93(87)69-81/h1-12,16-39,64-69H,13-15,40-63,70-75H2. The van der Waals surface area contributed by atoms with Crippen LogP contribution in [-0.2, 0) is 125 Å². The quantitative estimate of drug-likeness (QED) is 0.0195. The molecule has 0 saturated carbocycles. The van der Waals surface area contributed by atoms with E-state index in [1.165, 1.54) is 0 Å². The molecule has 12 aromatic rings.